The number of carbonyl (C=O) groups is 2. The molecule has 0 spiro atoms. The number of ether oxygens (including phenoxy) is 1. The van der Waals surface area contributed by atoms with Gasteiger partial charge in [0.1, 0.15) is 0 Å². The molecule has 2 bridgehead atoms. The number of carboxylic acids is 1. The van der Waals surface area contributed by atoms with Crippen LogP contribution in [0.25, 0.3) is 0 Å². The minimum Gasteiger partial charge on any atom is -0.478 e. The quantitative estimate of drug-likeness (QED) is 0.183. The van der Waals surface area contributed by atoms with Crippen LogP contribution in [0.5, 0.6) is 0 Å². The van der Waals surface area contributed by atoms with Crippen LogP contribution >= 0.6 is 12.2 Å². The number of hydrogen-bond acceptors (Lipinski definition) is 4. The second-order valence-corrected chi connectivity index (χ2v) is 8.33. The van der Waals surface area contributed by atoms with Crippen molar-refractivity contribution < 1.29 is 19.4 Å². The van der Waals surface area contributed by atoms with Gasteiger partial charge in [-0.25, -0.2) is 4.79 Å². The second kappa shape index (κ2) is 12.8. The fraction of sp³-hybridized carbons (Fsp3) is 0.682. The smallest absolute Gasteiger partial charge is 0.327 e. The molecule has 0 saturated carbocycles. The maximum Gasteiger partial charge on any atom is 0.327 e. The first-order valence-electron chi connectivity index (χ1n) is 10.7. The van der Waals surface area contributed by atoms with Crippen LogP contribution in [0.1, 0.15) is 58.3 Å². The number of carbonyl (C=O) groups excluding carboxylic acids is 1. The third-order valence-electron chi connectivity index (χ3n) is 5.66. The van der Waals surface area contributed by atoms with Gasteiger partial charge in [0.2, 0.25) is 5.91 Å². The van der Waals surface area contributed by atoms with Crippen LogP contribution in [-0.2, 0) is 14.3 Å². The maximum absolute atomic E-state index is 12.3. The van der Waals surface area contributed by atoms with Gasteiger partial charge in [0.15, 0.2) is 0 Å². The van der Waals surface area contributed by atoms with E-state index in [9.17, 15) is 9.59 Å². The Labute approximate surface area is 179 Å². The van der Waals surface area contributed by atoms with Crippen molar-refractivity contribution in [2.45, 2.75) is 70.5 Å². The second-order valence-electron chi connectivity index (χ2n) is 7.84. The molecule has 0 aromatic heterocycles. The highest BCUT2D eigenvalue weighted by Gasteiger charge is 2.47. The number of amides is 1. The molecule has 1 amide bonds. The number of unbranched alkanes of at least 4 members (excludes halogenated alkanes) is 2. The Hall–Kier alpha value is -1.73. The number of thiocarbonyl (C=S) groups is 1. The molecule has 4 atom stereocenters. The van der Waals surface area contributed by atoms with Crippen molar-refractivity contribution in [3.8, 4) is 0 Å². The lowest BCUT2D eigenvalue weighted by Crippen LogP contribution is -2.39. The molecule has 7 heteroatoms. The summed E-state index contributed by atoms with van der Waals surface area (Å²) < 4.78 is 6.08. The number of aliphatic carboxylic acids is 1. The number of carboxylic acid groups (broad SMARTS) is 1. The molecule has 2 aliphatic rings. The van der Waals surface area contributed by atoms with Crippen molar-refractivity contribution in [2.75, 3.05) is 13.1 Å². The summed E-state index contributed by atoms with van der Waals surface area (Å²) in [6, 6.07) is 0. The van der Waals surface area contributed by atoms with Gasteiger partial charge in [0, 0.05) is 25.1 Å². The maximum atomic E-state index is 12.3. The van der Waals surface area contributed by atoms with Crippen molar-refractivity contribution in [1.29, 1.82) is 0 Å². The van der Waals surface area contributed by atoms with E-state index in [1.54, 1.807) is 6.08 Å². The monoisotopic (exact) mass is 422 g/mol. The van der Waals surface area contributed by atoms with Gasteiger partial charge in [-0.3, -0.25) is 4.79 Å². The van der Waals surface area contributed by atoms with Crippen LogP contribution < -0.4 is 10.6 Å². The summed E-state index contributed by atoms with van der Waals surface area (Å²) in [5.41, 5.74) is 0. The Morgan fingerprint density at radius 3 is 2.59 bits per heavy atom. The summed E-state index contributed by atoms with van der Waals surface area (Å²) in [7, 11) is 0. The van der Waals surface area contributed by atoms with Gasteiger partial charge < -0.3 is 20.5 Å². The first-order valence-corrected chi connectivity index (χ1v) is 11.2. The highest BCUT2D eigenvalue weighted by atomic mass is 32.1. The number of allylic oxidation sites excluding steroid dienone is 3. The van der Waals surface area contributed by atoms with Crippen molar-refractivity contribution in [3.63, 3.8) is 0 Å². The lowest BCUT2D eigenvalue weighted by Gasteiger charge is -2.27. The third kappa shape index (κ3) is 8.26. The summed E-state index contributed by atoms with van der Waals surface area (Å²) in [5.74, 6) is -0.240. The van der Waals surface area contributed by atoms with Gasteiger partial charge in [0.05, 0.1) is 23.6 Å². The molecule has 6 nitrogen and oxygen atoms in total. The summed E-state index contributed by atoms with van der Waals surface area (Å²) in [6.07, 6.45) is 14.7. The summed E-state index contributed by atoms with van der Waals surface area (Å²) in [5, 5.41) is 14.8. The van der Waals surface area contributed by atoms with Crippen LogP contribution in [-0.4, -0.2) is 47.3 Å². The SMILES string of the molecule is CCCCCNC(=S)CC(=O)NC[C@H]1[C@@H](C/C=C\C/C=C/C(=O)O)[C@H]2CC[C@@H]1O2. The Balaban J connectivity index is 1.72. The zero-order valence-electron chi connectivity index (χ0n) is 17.3. The Bertz CT molecular complexity index is 620. The topological polar surface area (TPSA) is 87.7 Å². The fourth-order valence-corrected chi connectivity index (χ4v) is 4.42. The number of rotatable bonds is 13. The Morgan fingerprint density at radius 1 is 1.10 bits per heavy atom. The molecular weight excluding hydrogens is 388 g/mol. The van der Waals surface area contributed by atoms with Crippen LogP contribution in [0.15, 0.2) is 24.3 Å². The molecule has 2 rings (SSSR count). The van der Waals surface area contributed by atoms with Gasteiger partial charge in [-0.15, -0.1) is 0 Å². The van der Waals surface area contributed by atoms with E-state index in [2.05, 4.69) is 23.6 Å². The largest absolute Gasteiger partial charge is 0.478 e. The highest BCUT2D eigenvalue weighted by Crippen LogP contribution is 2.44. The Kier molecular flexibility index (Phi) is 10.4. The predicted octanol–water partition coefficient (Wildman–Crippen LogP) is 3.37. The molecular formula is C22H34N2O4S. The molecule has 0 unspecified atom stereocenters. The molecule has 162 valence electrons. The standard InChI is InChI=1S/C22H34N2O4S/c1-2-3-8-13-23-21(29)14-20(25)24-15-17-16(18-11-12-19(17)28-18)9-6-4-5-7-10-22(26)27/h4,6-7,10,16-19H,2-3,5,8-9,11-15H2,1H3,(H,23,29)(H,24,25)(H,26,27)/b6-4-,10-7+/t16-,17+,18-,19+/m1/s1. The molecule has 2 aliphatic heterocycles. The zero-order valence-corrected chi connectivity index (χ0v) is 18.1. The molecule has 2 fully saturated rings. The molecule has 0 aromatic rings. The average Bonchev–Trinajstić information content (AvgIpc) is 3.28. The van der Waals surface area contributed by atoms with Gasteiger partial charge in [-0.05, 0) is 38.0 Å². The third-order valence-corrected chi connectivity index (χ3v) is 5.95. The van der Waals surface area contributed by atoms with Gasteiger partial charge in [-0.1, -0.05) is 50.2 Å². The highest BCUT2D eigenvalue weighted by molar-refractivity contribution is 7.80. The minimum absolute atomic E-state index is 0.0335. The molecule has 3 N–H and O–H groups in total. The molecule has 0 aliphatic carbocycles. The summed E-state index contributed by atoms with van der Waals surface area (Å²) >= 11 is 5.27. The van der Waals surface area contributed by atoms with Gasteiger partial charge >= 0.3 is 5.97 Å². The van der Waals surface area contributed by atoms with Gasteiger partial charge in [-0.2, -0.15) is 0 Å². The first kappa shape index (κ1) is 23.5. The lowest BCUT2D eigenvalue weighted by atomic mass is 9.77. The van der Waals surface area contributed by atoms with Crippen molar-refractivity contribution >= 4 is 29.1 Å². The summed E-state index contributed by atoms with van der Waals surface area (Å²) in [4.78, 5) is 23.3. The van der Waals surface area contributed by atoms with Crippen molar-refractivity contribution in [2.24, 2.45) is 11.8 Å². The van der Waals surface area contributed by atoms with Crippen LogP contribution in [0.4, 0.5) is 0 Å². The first-order chi connectivity index (χ1) is 14.0. The van der Waals surface area contributed by atoms with E-state index < -0.39 is 5.97 Å². The van der Waals surface area contributed by atoms with Crippen LogP contribution in [0.3, 0.4) is 0 Å². The number of fused-ring (bicyclic) bond motifs is 2. The van der Waals surface area contributed by atoms with E-state index in [4.69, 9.17) is 22.1 Å². The van der Waals surface area contributed by atoms with Crippen LogP contribution in [0, 0.1) is 11.8 Å². The van der Waals surface area contributed by atoms with E-state index >= 15 is 0 Å². The molecule has 2 saturated heterocycles. The normalized spacial score (nSPS) is 25.7. The molecule has 2 heterocycles. The van der Waals surface area contributed by atoms with E-state index in [1.165, 1.54) is 0 Å². The van der Waals surface area contributed by atoms with E-state index in [-0.39, 0.29) is 24.5 Å². The Morgan fingerprint density at radius 2 is 1.86 bits per heavy atom. The van der Waals surface area contributed by atoms with E-state index in [1.807, 2.05) is 6.08 Å². The molecule has 29 heavy (non-hydrogen) atoms. The zero-order chi connectivity index (χ0) is 21.1. The van der Waals surface area contributed by atoms with Gasteiger partial charge in [0.25, 0.3) is 0 Å². The summed E-state index contributed by atoms with van der Waals surface area (Å²) in [6.45, 7) is 3.61. The van der Waals surface area contributed by atoms with Crippen LogP contribution in [0.2, 0.25) is 0 Å². The van der Waals surface area contributed by atoms with E-state index in [0.717, 1.165) is 51.1 Å². The molecule has 0 radical (unpaired) electrons. The fourth-order valence-electron chi connectivity index (χ4n) is 4.18. The lowest BCUT2D eigenvalue weighted by molar-refractivity contribution is -0.131. The van der Waals surface area contributed by atoms with E-state index in [0.29, 0.717) is 29.8 Å². The number of hydrogen-bond donors (Lipinski definition) is 3. The molecule has 0 aromatic carbocycles. The average molecular weight is 423 g/mol. The minimum atomic E-state index is -0.925. The van der Waals surface area contributed by atoms with Crippen molar-refractivity contribution in [1.82, 2.24) is 10.6 Å². The predicted molar refractivity (Wildman–Crippen MR) is 118 cm³/mol. The van der Waals surface area contributed by atoms with Crippen molar-refractivity contribution in [3.05, 3.63) is 24.3 Å². The number of nitrogens with one attached hydrogen (secondary N) is 2.